The fourth-order valence-electron chi connectivity index (χ4n) is 1.91. The lowest BCUT2D eigenvalue weighted by atomic mass is 10.0. The maximum atomic E-state index is 6.21. The molecule has 0 N–H and O–H groups in total. The molecule has 0 aliphatic rings. The topological polar surface area (TPSA) is 9.23 Å². The van der Waals surface area contributed by atoms with E-state index >= 15 is 0 Å². The minimum Gasteiger partial charge on any atom is -0.496 e. The summed E-state index contributed by atoms with van der Waals surface area (Å²) < 4.78 is 6.45. The summed E-state index contributed by atoms with van der Waals surface area (Å²) in [4.78, 5) is 0. The number of alkyl halides is 1. The molecule has 3 heteroatoms. The number of hydrogen-bond acceptors (Lipinski definition) is 1. The lowest BCUT2D eigenvalue weighted by Gasteiger charge is -2.10. The predicted molar refractivity (Wildman–Crippen MR) is 78.2 cm³/mol. The Kier molecular flexibility index (Phi) is 6.98. The largest absolute Gasteiger partial charge is 0.496 e. The molecule has 0 bridgehead atoms. The number of ether oxygens (including phenoxy) is 1. The Hall–Kier alpha value is -0.210. The Morgan fingerprint density at radius 2 is 2.12 bits per heavy atom. The minimum atomic E-state index is 0.318. The molecule has 1 aromatic carbocycles. The Morgan fingerprint density at radius 1 is 1.35 bits per heavy atom. The van der Waals surface area contributed by atoms with Crippen LogP contribution in [0.4, 0.5) is 0 Å². The van der Waals surface area contributed by atoms with E-state index < -0.39 is 0 Å². The van der Waals surface area contributed by atoms with Crippen LogP contribution < -0.4 is 4.74 Å². The summed E-state index contributed by atoms with van der Waals surface area (Å²) in [7, 11) is 1.72. The van der Waals surface area contributed by atoms with Gasteiger partial charge in [-0.25, -0.2) is 0 Å². The second kappa shape index (κ2) is 7.99. The maximum absolute atomic E-state index is 6.21. The molecule has 0 saturated carbocycles. The third-order valence-corrected chi connectivity index (χ3v) is 3.74. The molecule has 0 aliphatic carbocycles. The van der Waals surface area contributed by atoms with Crippen molar-refractivity contribution in [3.63, 3.8) is 0 Å². The van der Waals surface area contributed by atoms with Crippen molar-refractivity contribution in [2.45, 2.75) is 44.4 Å². The highest BCUT2D eigenvalue weighted by molar-refractivity contribution is 9.10. The lowest BCUT2D eigenvalue weighted by molar-refractivity contribution is 0.408. The molecule has 0 aliphatic heterocycles. The van der Waals surface area contributed by atoms with Crippen LogP contribution in [0.3, 0.4) is 0 Å². The molecule has 1 atom stereocenters. The van der Waals surface area contributed by atoms with Gasteiger partial charge in [0.1, 0.15) is 5.75 Å². The zero-order chi connectivity index (χ0) is 12.7. The van der Waals surface area contributed by atoms with Crippen molar-refractivity contribution in [3.8, 4) is 5.75 Å². The Labute approximate surface area is 118 Å². The summed E-state index contributed by atoms with van der Waals surface area (Å²) in [6.45, 7) is 2.17. The van der Waals surface area contributed by atoms with E-state index in [1.807, 2.05) is 12.1 Å². The summed E-state index contributed by atoms with van der Waals surface area (Å²) in [5.74, 6) is 0.967. The van der Waals surface area contributed by atoms with Gasteiger partial charge < -0.3 is 4.74 Å². The number of methoxy groups -OCH3 is 1. The van der Waals surface area contributed by atoms with Gasteiger partial charge in [-0.05, 0) is 49.4 Å². The van der Waals surface area contributed by atoms with Crippen LogP contribution in [0.15, 0.2) is 22.7 Å². The van der Waals surface area contributed by atoms with E-state index in [1.54, 1.807) is 7.11 Å². The fraction of sp³-hybridized carbons (Fsp3) is 0.571. The average Bonchev–Trinajstić information content (AvgIpc) is 2.30. The Balaban J connectivity index is 2.48. The Morgan fingerprint density at radius 3 is 2.76 bits per heavy atom. The van der Waals surface area contributed by atoms with Gasteiger partial charge in [0.15, 0.2) is 0 Å². The van der Waals surface area contributed by atoms with Crippen molar-refractivity contribution in [1.82, 2.24) is 0 Å². The lowest BCUT2D eigenvalue weighted by Crippen LogP contribution is -1.99. The van der Waals surface area contributed by atoms with Crippen LogP contribution in [-0.4, -0.2) is 12.5 Å². The molecule has 0 fully saturated rings. The van der Waals surface area contributed by atoms with Gasteiger partial charge in [-0.2, -0.15) is 0 Å². The van der Waals surface area contributed by atoms with E-state index in [0.717, 1.165) is 42.3 Å². The van der Waals surface area contributed by atoms with Gasteiger partial charge in [0.05, 0.1) is 7.11 Å². The van der Waals surface area contributed by atoms with Crippen LogP contribution in [0.5, 0.6) is 5.75 Å². The molecular formula is C14H20BrClO. The molecule has 1 unspecified atom stereocenters. The van der Waals surface area contributed by atoms with Crippen molar-refractivity contribution >= 4 is 27.5 Å². The minimum absolute atomic E-state index is 0.318. The zero-order valence-electron chi connectivity index (χ0n) is 10.5. The van der Waals surface area contributed by atoms with Gasteiger partial charge in [-0.3, -0.25) is 0 Å². The molecule has 0 aromatic heterocycles. The normalized spacial score (nSPS) is 12.5. The molecule has 1 nitrogen and oxygen atoms in total. The average molecular weight is 320 g/mol. The first kappa shape index (κ1) is 14.8. The smallest absolute Gasteiger partial charge is 0.122 e. The highest BCUT2D eigenvalue weighted by Gasteiger charge is 2.06. The molecular weight excluding hydrogens is 300 g/mol. The summed E-state index contributed by atoms with van der Waals surface area (Å²) in [6.07, 6.45) is 5.48. The first-order chi connectivity index (χ1) is 8.17. The summed E-state index contributed by atoms with van der Waals surface area (Å²) >= 11 is 9.70. The summed E-state index contributed by atoms with van der Waals surface area (Å²) in [5, 5.41) is 0.318. The molecule has 1 aromatic rings. The molecule has 0 spiro atoms. The number of aryl methyl sites for hydroxylation is 1. The van der Waals surface area contributed by atoms with E-state index in [0.29, 0.717) is 5.38 Å². The number of halogens is 2. The molecule has 17 heavy (non-hydrogen) atoms. The summed E-state index contributed by atoms with van der Waals surface area (Å²) in [6, 6.07) is 6.13. The van der Waals surface area contributed by atoms with Crippen molar-refractivity contribution < 1.29 is 4.74 Å². The molecule has 0 radical (unpaired) electrons. The SMILES string of the molecule is CCCC(Cl)CCCc1cc(Br)ccc1OC. The highest BCUT2D eigenvalue weighted by Crippen LogP contribution is 2.25. The number of hydrogen-bond donors (Lipinski definition) is 0. The van der Waals surface area contributed by atoms with Crippen LogP contribution in [-0.2, 0) is 6.42 Å². The van der Waals surface area contributed by atoms with Crippen LogP contribution in [0.1, 0.15) is 38.2 Å². The quantitative estimate of drug-likeness (QED) is 0.629. The first-order valence-corrected chi connectivity index (χ1v) is 7.36. The van der Waals surface area contributed by atoms with Crippen molar-refractivity contribution in [1.29, 1.82) is 0 Å². The second-order valence-corrected chi connectivity index (χ2v) is 5.77. The molecule has 96 valence electrons. The standard InChI is InChI=1S/C14H20BrClO/c1-3-5-13(16)7-4-6-11-10-12(15)8-9-14(11)17-2/h8-10,13H,3-7H2,1-2H3. The number of rotatable bonds is 7. The molecule has 0 saturated heterocycles. The van der Waals surface area contributed by atoms with Gasteiger partial charge in [0, 0.05) is 9.85 Å². The molecule has 0 amide bonds. The van der Waals surface area contributed by atoms with Crippen LogP contribution in [0.2, 0.25) is 0 Å². The van der Waals surface area contributed by atoms with Gasteiger partial charge in [-0.1, -0.05) is 29.3 Å². The van der Waals surface area contributed by atoms with Gasteiger partial charge >= 0.3 is 0 Å². The van der Waals surface area contributed by atoms with Crippen molar-refractivity contribution in [2.75, 3.05) is 7.11 Å². The molecule has 0 heterocycles. The fourth-order valence-corrected chi connectivity index (χ4v) is 2.70. The second-order valence-electron chi connectivity index (χ2n) is 4.23. The van der Waals surface area contributed by atoms with Gasteiger partial charge in [0.2, 0.25) is 0 Å². The van der Waals surface area contributed by atoms with E-state index in [9.17, 15) is 0 Å². The summed E-state index contributed by atoms with van der Waals surface area (Å²) in [5.41, 5.74) is 1.25. The van der Waals surface area contributed by atoms with Gasteiger partial charge in [0.25, 0.3) is 0 Å². The predicted octanol–water partition coefficient (Wildman–Crippen LogP) is 5.19. The van der Waals surface area contributed by atoms with Crippen molar-refractivity contribution in [2.24, 2.45) is 0 Å². The third-order valence-electron chi connectivity index (χ3n) is 2.81. The van der Waals surface area contributed by atoms with E-state index in [2.05, 4.69) is 28.9 Å². The Bertz CT molecular complexity index is 341. The maximum Gasteiger partial charge on any atom is 0.122 e. The third kappa shape index (κ3) is 5.31. The van der Waals surface area contributed by atoms with E-state index in [1.165, 1.54) is 5.56 Å². The monoisotopic (exact) mass is 318 g/mol. The van der Waals surface area contributed by atoms with Crippen LogP contribution in [0.25, 0.3) is 0 Å². The van der Waals surface area contributed by atoms with Crippen molar-refractivity contribution in [3.05, 3.63) is 28.2 Å². The van der Waals surface area contributed by atoms with E-state index in [4.69, 9.17) is 16.3 Å². The molecule has 1 rings (SSSR count). The highest BCUT2D eigenvalue weighted by atomic mass is 79.9. The number of benzene rings is 1. The zero-order valence-corrected chi connectivity index (χ0v) is 12.9. The van der Waals surface area contributed by atoms with Crippen LogP contribution in [0, 0.1) is 0 Å². The first-order valence-electron chi connectivity index (χ1n) is 6.13. The van der Waals surface area contributed by atoms with Crippen LogP contribution >= 0.6 is 27.5 Å². The van der Waals surface area contributed by atoms with Gasteiger partial charge in [-0.15, -0.1) is 11.6 Å². The van der Waals surface area contributed by atoms with E-state index in [-0.39, 0.29) is 0 Å².